The lowest BCUT2D eigenvalue weighted by Gasteiger charge is -2.11. The van der Waals surface area contributed by atoms with Crippen molar-refractivity contribution in [2.24, 2.45) is 0 Å². The highest BCUT2D eigenvalue weighted by Crippen LogP contribution is 2.46. The second-order valence-electron chi connectivity index (χ2n) is 13.6. The van der Waals surface area contributed by atoms with Crippen molar-refractivity contribution in [1.29, 1.82) is 0 Å². The van der Waals surface area contributed by atoms with Crippen molar-refractivity contribution in [2.75, 3.05) is 0 Å². The molecule has 0 amide bonds. The standard InChI is InChI=1S/C49H30N4S/c1-4-12-31(13-5-1)36-23-29-43-40(30-36)39-26-28-42-45(46(39)54-43)44-38-19-11-10-14-32(38)22-27-41(44)53(42)37-24-20-35(21-25-37)49-51-47(33-15-6-2-7-16-33)50-48(52-49)34-17-8-3-9-18-34/h1-30H. The van der Waals surface area contributed by atoms with Gasteiger partial charge in [0.05, 0.1) is 11.0 Å². The van der Waals surface area contributed by atoms with Gasteiger partial charge in [-0.2, -0.15) is 0 Å². The number of aromatic nitrogens is 4. The van der Waals surface area contributed by atoms with Crippen molar-refractivity contribution in [3.63, 3.8) is 0 Å². The number of nitrogens with zero attached hydrogens (tertiary/aromatic N) is 4. The second kappa shape index (κ2) is 12.3. The third-order valence-corrected chi connectivity index (χ3v) is 11.7. The lowest BCUT2D eigenvalue weighted by atomic mass is 10.0. The Morgan fingerprint density at radius 3 is 1.57 bits per heavy atom. The molecule has 0 N–H and O–H groups in total. The van der Waals surface area contributed by atoms with E-state index in [0.29, 0.717) is 17.5 Å². The number of hydrogen-bond acceptors (Lipinski definition) is 4. The molecule has 0 spiro atoms. The van der Waals surface area contributed by atoms with Gasteiger partial charge in [0.25, 0.3) is 0 Å². The molecule has 11 rings (SSSR count). The van der Waals surface area contributed by atoms with Crippen molar-refractivity contribution in [2.45, 2.75) is 0 Å². The van der Waals surface area contributed by atoms with E-state index in [2.05, 4.69) is 126 Å². The smallest absolute Gasteiger partial charge is 0.164 e. The van der Waals surface area contributed by atoms with Crippen molar-refractivity contribution < 1.29 is 0 Å². The van der Waals surface area contributed by atoms with Crippen LogP contribution in [0.15, 0.2) is 182 Å². The van der Waals surface area contributed by atoms with Gasteiger partial charge in [0.15, 0.2) is 17.5 Å². The molecule has 4 nitrogen and oxygen atoms in total. The zero-order chi connectivity index (χ0) is 35.6. The molecule has 0 atom stereocenters. The van der Waals surface area contributed by atoms with Crippen LogP contribution in [0.1, 0.15) is 0 Å². The fraction of sp³-hybridized carbons (Fsp3) is 0. The van der Waals surface area contributed by atoms with E-state index in [0.717, 1.165) is 22.4 Å². The lowest BCUT2D eigenvalue weighted by Crippen LogP contribution is -2.00. The molecule has 3 heterocycles. The molecule has 0 radical (unpaired) electrons. The van der Waals surface area contributed by atoms with Crippen LogP contribution in [0, 0.1) is 0 Å². The van der Waals surface area contributed by atoms with Gasteiger partial charge in [0.1, 0.15) is 0 Å². The highest BCUT2D eigenvalue weighted by atomic mass is 32.1. The zero-order valence-corrected chi connectivity index (χ0v) is 29.8. The van der Waals surface area contributed by atoms with E-state index in [1.807, 2.05) is 72.0 Å². The van der Waals surface area contributed by atoms with Gasteiger partial charge in [-0.25, -0.2) is 15.0 Å². The SMILES string of the molecule is c1ccc(-c2ccc3sc4c(ccc5c4c4c6ccccc6ccc4n5-c4ccc(-c5nc(-c6ccccc6)nc(-c6ccccc6)n5)cc4)c3c2)cc1. The first-order valence-electron chi connectivity index (χ1n) is 18.1. The molecule has 0 unspecified atom stereocenters. The van der Waals surface area contributed by atoms with Crippen molar-refractivity contribution in [3.05, 3.63) is 182 Å². The number of benzene rings is 8. The van der Waals surface area contributed by atoms with E-state index in [-0.39, 0.29) is 0 Å². The van der Waals surface area contributed by atoms with Crippen LogP contribution in [0.5, 0.6) is 0 Å². The average molecular weight is 707 g/mol. The molecule has 11 aromatic rings. The van der Waals surface area contributed by atoms with Crippen LogP contribution in [-0.2, 0) is 0 Å². The van der Waals surface area contributed by atoms with Crippen LogP contribution >= 0.6 is 11.3 Å². The lowest BCUT2D eigenvalue weighted by molar-refractivity contribution is 1.07. The number of fused-ring (bicyclic) bond motifs is 9. The number of rotatable bonds is 5. The van der Waals surface area contributed by atoms with Gasteiger partial charge >= 0.3 is 0 Å². The molecule has 0 aliphatic heterocycles. The summed E-state index contributed by atoms with van der Waals surface area (Å²) < 4.78 is 5.03. The summed E-state index contributed by atoms with van der Waals surface area (Å²) in [6, 6.07) is 64.4. The number of thiophene rings is 1. The largest absolute Gasteiger partial charge is 0.309 e. The van der Waals surface area contributed by atoms with Gasteiger partial charge in [-0.3, -0.25) is 0 Å². The first-order valence-corrected chi connectivity index (χ1v) is 18.9. The van der Waals surface area contributed by atoms with Crippen LogP contribution in [0.4, 0.5) is 0 Å². The molecular weight excluding hydrogens is 677 g/mol. The van der Waals surface area contributed by atoms with E-state index in [4.69, 9.17) is 15.0 Å². The van der Waals surface area contributed by atoms with Crippen LogP contribution in [0.2, 0.25) is 0 Å². The fourth-order valence-electron chi connectivity index (χ4n) is 7.88. The Kier molecular flexibility index (Phi) is 7.00. The first kappa shape index (κ1) is 30.7. The zero-order valence-electron chi connectivity index (χ0n) is 29.0. The predicted molar refractivity (Wildman–Crippen MR) is 226 cm³/mol. The minimum absolute atomic E-state index is 0.643. The van der Waals surface area contributed by atoms with Gasteiger partial charge in [0.2, 0.25) is 0 Å². The molecule has 0 aliphatic carbocycles. The van der Waals surface area contributed by atoms with Crippen LogP contribution in [-0.4, -0.2) is 19.5 Å². The Balaban J connectivity index is 1.11. The normalized spacial score (nSPS) is 11.7. The van der Waals surface area contributed by atoms with Gasteiger partial charge < -0.3 is 4.57 Å². The molecule has 54 heavy (non-hydrogen) atoms. The summed E-state index contributed by atoms with van der Waals surface area (Å²) in [5, 5.41) is 7.67. The quantitative estimate of drug-likeness (QED) is 0.179. The van der Waals surface area contributed by atoms with Crippen molar-refractivity contribution in [1.82, 2.24) is 19.5 Å². The first-order chi connectivity index (χ1) is 26.8. The summed E-state index contributed by atoms with van der Waals surface area (Å²) in [5.41, 5.74) is 8.77. The van der Waals surface area contributed by atoms with Crippen LogP contribution in [0.3, 0.4) is 0 Å². The van der Waals surface area contributed by atoms with Crippen molar-refractivity contribution >= 4 is 64.1 Å². The molecule has 5 heteroatoms. The molecule has 8 aromatic carbocycles. The van der Waals surface area contributed by atoms with Crippen molar-refractivity contribution in [3.8, 4) is 51.0 Å². The summed E-state index contributed by atoms with van der Waals surface area (Å²) in [6.45, 7) is 0. The maximum Gasteiger partial charge on any atom is 0.164 e. The van der Waals surface area contributed by atoms with E-state index in [1.165, 1.54) is 63.9 Å². The molecular formula is C49H30N4S. The highest BCUT2D eigenvalue weighted by Gasteiger charge is 2.20. The molecule has 0 fully saturated rings. The topological polar surface area (TPSA) is 43.6 Å². The molecule has 0 bridgehead atoms. The van der Waals surface area contributed by atoms with Crippen LogP contribution in [0.25, 0.3) is 104 Å². The fourth-order valence-corrected chi connectivity index (χ4v) is 9.11. The summed E-state index contributed by atoms with van der Waals surface area (Å²) >= 11 is 1.89. The van der Waals surface area contributed by atoms with Crippen LogP contribution < -0.4 is 0 Å². The third-order valence-electron chi connectivity index (χ3n) is 10.4. The predicted octanol–water partition coefficient (Wildman–Crippen LogP) is 13.2. The van der Waals surface area contributed by atoms with Gasteiger partial charge in [-0.05, 0) is 70.4 Å². The summed E-state index contributed by atoms with van der Waals surface area (Å²) in [5.74, 6) is 1.95. The average Bonchev–Trinajstić information content (AvgIpc) is 3.80. The summed E-state index contributed by atoms with van der Waals surface area (Å²) in [7, 11) is 0. The van der Waals surface area contributed by atoms with E-state index in [9.17, 15) is 0 Å². The van der Waals surface area contributed by atoms with Gasteiger partial charge in [0, 0.05) is 53.3 Å². The highest BCUT2D eigenvalue weighted by molar-refractivity contribution is 7.26. The molecule has 0 saturated carbocycles. The Hall–Kier alpha value is -6.95. The Morgan fingerprint density at radius 1 is 0.370 bits per heavy atom. The summed E-state index contributed by atoms with van der Waals surface area (Å²) in [6.07, 6.45) is 0. The summed E-state index contributed by atoms with van der Waals surface area (Å²) in [4.78, 5) is 14.8. The molecule has 0 saturated heterocycles. The van der Waals surface area contributed by atoms with Gasteiger partial charge in [-0.1, -0.05) is 133 Å². The minimum Gasteiger partial charge on any atom is -0.309 e. The van der Waals surface area contributed by atoms with E-state index < -0.39 is 0 Å². The Bertz CT molecular complexity index is 3130. The molecule has 0 aliphatic rings. The van der Waals surface area contributed by atoms with E-state index in [1.54, 1.807) is 0 Å². The monoisotopic (exact) mass is 706 g/mol. The minimum atomic E-state index is 0.643. The second-order valence-corrected chi connectivity index (χ2v) is 14.7. The maximum absolute atomic E-state index is 4.98. The Labute approximate surface area is 315 Å². The van der Waals surface area contributed by atoms with E-state index >= 15 is 0 Å². The Morgan fingerprint density at radius 2 is 0.907 bits per heavy atom. The number of hydrogen-bond donors (Lipinski definition) is 0. The molecule has 252 valence electrons. The third kappa shape index (κ3) is 4.94. The maximum atomic E-state index is 4.98. The van der Waals surface area contributed by atoms with Gasteiger partial charge in [-0.15, -0.1) is 11.3 Å². The molecule has 3 aromatic heterocycles.